The Morgan fingerprint density at radius 2 is 2.00 bits per heavy atom. The predicted octanol–water partition coefficient (Wildman–Crippen LogP) is 3.08. The van der Waals surface area contributed by atoms with Crippen molar-refractivity contribution in [3.63, 3.8) is 0 Å². The fourth-order valence-electron chi connectivity index (χ4n) is 4.44. The fourth-order valence-corrected chi connectivity index (χ4v) is 4.44. The van der Waals surface area contributed by atoms with Gasteiger partial charge in [0.05, 0.1) is 7.11 Å². The quantitative estimate of drug-likeness (QED) is 0.921. The standard InChI is InChI=1S/C18H28N2O/c1-5-17(13-6-8-15(21-4)9-7-13)20-12-14-10-19-11-16(14)18(20,2)3/h6-9,14,16-17,19H,5,10-12H2,1-4H3. The summed E-state index contributed by atoms with van der Waals surface area (Å²) in [5, 5.41) is 3.57. The number of fused-ring (bicyclic) bond motifs is 1. The van der Waals surface area contributed by atoms with Crippen LogP contribution in [0.25, 0.3) is 0 Å². The van der Waals surface area contributed by atoms with Gasteiger partial charge in [0.1, 0.15) is 5.75 Å². The summed E-state index contributed by atoms with van der Waals surface area (Å²) in [6.07, 6.45) is 1.16. The molecule has 1 aromatic rings. The zero-order valence-electron chi connectivity index (χ0n) is 13.7. The molecule has 1 N–H and O–H groups in total. The Morgan fingerprint density at radius 3 is 2.57 bits per heavy atom. The number of nitrogens with one attached hydrogen (secondary N) is 1. The lowest BCUT2D eigenvalue weighted by Crippen LogP contribution is -2.46. The Hall–Kier alpha value is -1.06. The van der Waals surface area contributed by atoms with Crippen molar-refractivity contribution in [3.8, 4) is 5.75 Å². The molecule has 0 aliphatic carbocycles. The molecule has 3 nitrogen and oxygen atoms in total. The average molecular weight is 288 g/mol. The Bertz CT molecular complexity index is 482. The van der Waals surface area contributed by atoms with Gasteiger partial charge >= 0.3 is 0 Å². The van der Waals surface area contributed by atoms with Gasteiger partial charge in [0.2, 0.25) is 0 Å². The first-order chi connectivity index (χ1) is 10.1. The van der Waals surface area contributed by atoms with Crippen LogP contribution in [0.3, 0.4) is 0 Å². The smallest absolute Gasteiger partial charge is 0.118 e. The zero-order chi connectivity index (χ0) is 15.0. The van der Waals surface area contributed by atoms with Crippen molar-refractivity contribution in [3.05, 3.63) is 29.8 Å². The molecule has 3 rings (SSSR count). The van der Waals surface area contributed by atoms with E-state index < -0.39 is 0 Å². The normalized spacial score (nSPS) is 29.3. The lowest BCUT2D eigenvalue weighted by Gasteiger charge is -2.41. The second-order valence-electron chi connectivity index (χ2n) is 7.03. The second kappa shape index (κ2) is 5.62. The van der Waals surface area contributed by atoms with E-state index in [2.05, 4.69) is 55.3 Å². The molecule has 2 fully saturated rings. The Labute approximate surface area is 128 Å². The molecule has 21 heavy (non-hydrogen) atoms. The summed E-state index contributed by atoms with van der Waals surface area (Å²) >= 11 is 0. The number of hydrogen-bond acceptors (Lipinski definition) is 3. The first-order valence-electron chi connectivity index (χ1n) is 8.19. The summed E-state index contributed by atoms with van der Waals surface area (Å²) in [6.45, 7) is 10.7. The van der Waals surface area contributed by atoms with Crippen LogP contribution in [0.2, 0.25) is 0 Å². The van der Waals surface area contributed by atoms with Crippen molar-refractivity contribution in [1.82, 2.24) is 10.2 Å². The first kappa shape index (κ1) is 14.9. The van der Waals surface area contributed by atoms with Crippen LogP contribution < -0.4 is 10.1 Å². The van der Waals surface area contributed by atoms with Crippen LogP contribution in [0.4, 0.5) is 0 Å². The maximum atomic E-state index is 5.29. The van der Waals surface area contributed by atoms with Crippen LogP contribution in [-0.2, 0) is 0 Å². The van der Waals surface area contributed by atoms with E-state index in [1.165, 1.54) is 25.2 Å². The van der Waals surface area contributed by atoms with E-state index in [-0.39, 0.29) is 5.54 Å². The number of nitrogens with zero attached hydrogens (tertiary/aromatic N) is 1. The summed E-state index contributed by atoms with van der Waals surface area (Å²) < 4.78 is 5.29. The van der Waals surface area contributed by atoms with Crippen LogP contribution in [-0.4, -0.2) is 37.2 Å². The predicted molar refractivity (Wildman–Crippen MR) is 86.7 cm³/mol. The first-order valence-corrected chi connectivity index (χ1v) is 8.19. The van der Waals surface area contributed by atoms with Gasteiger partial charge in [0.15, 0.2) is 0 Å². The van der Waals surface area contributed by atoms with Gasteiger partial charge in [-0.05, 0) is 56.3 Å². The van der Waals surface area contributed by atoms with Gasteiger partial charge in [-0.25, -0.2) is 0 Å². The number of hydrogen-bond donors (Lipinski definition) is 1. The van der Waals surface area contributed by atoms with Crippen LogP contribution in [0.15, 0.2) is 24.3 Å². The minimum Gasteiger partial charge on any atom is -0.497 e. The second-order valence-corrected chi connectivity index (χ2v) is 7.03. The molecule has 2 aliphatic heterocycles. The Morgan fingerprint density at radius 1 is 1.29 bits per heavy atom. The number of benzene rings is 1. The third-order valence-electron chi connectivity index (χ3n) is 5.68. The largest absolute Gasteiger partial charge is 0.497 e. The molecule has 2 heterocycles. The maximum absolute atomic E-state index is 5.29. The Balaban J connectivity index is 1.85. The molecule has 116 valence electrons. The van der Waals surface area contributed by atoms with Gasteiger partial charge in [-0.1, -0.05) is 19.1 Å². The molecule has 2 aliphatic rings. The van der Waals surface area contributed by atoms with E-state index >= 15 is 0 Å². The fraction of sp³-hybridized carbons (Fsp3) is 0.667. The van der Waals surface area contributed by atoms with Gasteiger partial charge in [0.25, 0.3) is 0 Å². The molecule has 3 unspecified atom stereocenters. The van der Waals surface area contributed by atoms with Gasteiger partial charge in [-0.2, -0.15) is 0 Å². The molecule has 2 saturated heterocycles. The topological polar surface area (TPSA) is 24.5 Å². The lowest BCUT2D eigenvalue weighted by molar-refractivity contribution is 0.0859. The van der Waals surface area contributed by atoms with E-state index in [9.17, 15) is 0 Å². The van der Waals surface area contributed by atoms with Crippen LogP contribution in [0.5, 0.6) is 5.75 Å². The number of methoxy groups -OCH3 is 1. The minimum atomic E-state index is 0.273. The Kier molecular flexibility index (Phi) is 3.98. The van der Waals surface area contributed by atoms with E-state index in [1.807, 2.05) is 0 Å². The zero-order valence-corrected chi connectivity index (χ0v) is 13.7. The molecular formula is C18H28N2O. The molecule has 0 radical (unpaired) electrons. The van der Waals surface area contributed by atoms with Gasteiger partial charge in [-0.15, -0.1) is 0 Å². The molecule has 1 aromatic carbocycles. The monoisotopic (exact) mass is 288 g/mol. The third kappa shape index (κ3) is 2.47. The van der Waals surface area contributed by atoms with E-state index in [0.29, 0.717) is 6.04 Å². The summed E-state index contributed by atoms with van der Waals surface area (Å²) in [4.78, 5) is 2.74. The summed E-state index contributed by atoms with van der Waals surface area (Å²) in [5.74, 6) is 2.53. The molecular weight excluding hydrogens is 260 g/mol. The highest BCUT2D eigenvalue weighted by atomic mass is 16.5. The summed E-state index contributed by atoms with van der Waals surface area (Å²) in [5.41, 5.74) is 1.69. The molecule has 0 amide bonds. The van der Waals surface area contributed by atoms with Crippen molar-refractivity contribution in [2.75, 3.05) is 26.7 Å². The van der Waals surface area contributed by atoms with Crippen LogP contribution >= 0.6 is 0 Å². The molecule has 0 saturated carbocycles. The van der Waals surface area contributed by atoms with Gasteiger partial charge in [-0.3, -0.25) is 4.90 Å². The highest BCUT2D eigenvalue weighted by Gasteiger charge is 2.51. The van der Waals surface area contributed by atoms with Crippen molar-refractivity contribution in [2.24, 2.45) is 11.8 Å². The van der Waals surface area contributed by atoms with Crippen LogP contribution in [0.1, 0.15) is 38.8 Å². The highest BCUT2D eigenvalue weighted by Crippen LogP contribution is 2.45. The average Bonchev–Trinajstić information content (AvgIpc) is 3.04. The number of likely N-dealkylation sites (tertiary alicyclic amines) is 1. The lowest BCUT2D eigenvalue weighted by atomic mass is 9.84. The van der Waals surface area contributed by atoms with E-state index in [0.717, 1.165) is 24.0 Å². The molecule has 0 bridgehead atoms. The van der Waals surface area contributed by atoms with Crippen molar-refractivity contribution < 1.29 is 4.74 Å². The summed E-state index contributed by atoms with van der Waals surface area (Å²) in [6, 6.07) is 9.15. The van der Waals surface area contributed by atoms with Crippen LogP contribution in [0, 0.1) is 11.8 Å². The van der Waals surface area contributed by atoms with Crippen molar-refractivity contribution >= 4 is 0 Å². The van der Waals surface area contributed by atoms with Crippen molar-refractivity contribution in [2.45, 2.75) is 38.8 Å². The van der Waals surface area contributed by atoms with Gasteiger partial charge in [0, 0.05) is 24.7 Å². The molecule has 3 heteroatoms. The van der Waals surface area contributed by atoms with E-state index in [4.69, 9.17) is 4.74 Å². The summed E-state index contributed by atoms with van der Waals surface area (Å²) in [7, 11) is 1.73. The minimum absolute atomic E-state index is 0.273. The van der Waals surface area contributed by atoms with Crippen molar-refractivity contribution in [1.29, 1.82) is 0 Å². The highest BCUT2D eigenvalue weighted by molar-refractivity contribution is 5.30. The third-order valence-corrected chi connectivity index (χ3v) is 5.68. The SMILES string of the molecule is CCC(c1ccc(OC)cc1)N1CC2CNCC2C1(C)C. The molecule has 3 atom stereocenters. The molecule has 0 spiro atoms. The van der Waals surface area contributed by atoms with E-state index in [1.54, 1.807) is 7.11 Å². The van der Waals surface area contributed by atoms with Gasteiger partial charge < -0.3 is 10.1 Å². The maximum Gasteiger partial charge on any atom is 0.118 e. The number of rotatable bonds is 4. The molecule has 0 aromatic heterocycles. The number of ether oxygens (including phenoxy) is 1.